The van der Waals surface area contributed by atoms with Crippen LogP contribution in [-0.4, -0.2) is 150 Å². The lowest BCUT2D eigenvalue weighted by Crippen LogP contribution is -2.36. The molecule has 0 saturated heterocycles. The van der Waals surface area contributed by atoms with Crippen LogP contribution in [0.3, 0.4) is 0 Å². The highest BCUT2D eigenvalue weighted by molar-refractivity contribution is 5.86. The minimum Gasteiger partial charge on any atom is -0.393 e. The van der Waals surface area contributed by atoms with Crippen LogP contribution in [-0.2, 0) is 4.79 Å². The van der Waals surface area contributed by atoms with Gasteiger partial charge in [0, 0.05) is 38.5 Å². The molecule has 8 saturated carbocycles. The lowest BCUT2D eigenvalue weighted by atomic mass is 9.62. The highest BCUT2D eigenvalue weighted by Crippen LogP contribution is 2.61. The van der Waals surface area contributed by atoms with Crippen molar-refractivity contribution < 1.29 is 71.2 Å². The molecule has 678 valence electrons. The zero-order valence-electron chi connectivity index (χ0n) is 77.9. The van der Waals surface area contributed by atoms with E-state index in [9.17, 15) is 71.2 Å². The van der Waals surface area contributed by atoms with Crippen LogP contribution >= 0.6 is 0 Å². The van der Waals surface area contributed by atoms with Crippen LogP contribution in [0, 0.1) is 80.8 Å². The van der Waals surface area contributed by atoms with Gasteiger partial charge >= 0.3 is 0 Å². The van der Waals surface area contributed by atoms with E-state index in [0.717, 1.165) is 154 Å². The Labute approximate surface area is 735 Å². The Hall–Kier alpha value is -5.45. The Balaban J connectivity index is 0.000000185. The highest BCUT2D eigenvalue weighted by atomic mass is 16.3. The van der Waals surface area contributed by atoms with E-state index in [4.69, 9.17) is 0 Å². The van der Waals surface area contributed by atoms with Crippen molar-refractivity contribution in [3.63, 3.8) is 0 Å². The van der Waals surface area contributed by atoms with Crippen LogP contribution < -0.4 is 0 Å². The molecule has 5 unspecified atom stereocenters. The van der Waals surface area contributed by atoms with Crippen molar-refractivity contribution >= 4 is 5.78 Å². The molecule has 0 radical (unpaired) electrons. The third-order valence-electron chi connectivity index (χ3n) is 31.0. The Morgan fingerprint density at radius 3 is 1.00 bits per heavy atom. The molecule has 0 aromatic rings. The fourth-order valence-corrected chi connectivity index (χ4v) is 23.6. The van der Waals surface area contributed by atoms with E-state index >= 15 is 0 Å². The lowest BCUT2D eigenvalue weighted by molar-refractivity contribution is -0.134. The van der Waals surface area contributed by atoms with Crippen LogP contribution in [0.25, 0.3) is 0 Å². The third kappa shape index (κ3) is 25.1. The first-order chi connectivity index (χ1) is 56.9. The molecule has 12 rings (SSSR count). The fraction of sp³-hybridized carbons (Fsp3) is 0.676. The second-order valence-electron chi connectivity index (χ2n) is 42.8. The second-order valence-corrected chi connectivity index (χ2v) is 42.8. The number of carbonyl (C=O) groups is 1. The Morgan fingerprint density at radius 1 is 0.434 bits per heavy atom. The van der Waals surface area contributed by atoms with Crippen molar-refractivity contribution in [1.29, 1.82) is 0 Å². The van der Waals surface area contributed by atoms with Gasteiger partial charge in [0.2, 0.25) is 0 Å². The molecule has 0 bridgehead atoms. The number of aliphatic hydroxyl groups is 13. The number of allylic oxidation sites excluding steroid dienone is 20. The van der Waals surface area contributed by atoms with Gasteiger partial charge < -0.3 is 66.4 Å². The van der Waals surface area contributed by atoms with Gasteiger partial charge in [-0.2, -0.15) is 0 Å². The minimum atomic E-state index is -1.26. The number of hydrogen-bond donors (Lipinski definition) is 13. The van der Waals surface area contributed by atoms with Gasteiger partial charge in [0.05, 0.1) is 66.1 Å². The first-order valence-corrected chi connectivity index (χ1v) is 47.1. The molecule has 0 aromatic heterocycles. The fourth-order valence-electron chi connectivity index (χ4n) is 23.6. The molecule has 0 heterocycles. The maximum Gasteiger partial charge on any atom is 0.163 e. The molecule has 0 aliphatic heterocycles. The summed E-state index contributed by atoms with van der Waals surface area (Å²) in [6.45, 7) is 48.6. The maximum atomic E-state index is 12.2. The predicted octanol–water partition coefficient (Wildman–Crippen LogP) is 19.9. The summed E-state index contributed by atoms with van der Waals surface area (Å²) in [4.78, 5) is 12.2. The largest absolute Gasteiger partial charge is 0.393 e. The summed E-state index contributed by atoms with van der Waals surface area (Å²) < 4.78 is 0. The van der Waals surface area contributed by atoms with E-state index < -0.39 is 77.3 Å². The lowest BCUT2D eigenvalue weighted by Gasteiger charge is -2.43. The van der Waals surface area contributed by atoms with Gasteiger partial charge in [-0.25, -0.2) is 0 Å². The monoisotopic (exact) mass is 1680 g/mol. The van der Waals surface area contributed by atoms with Crippen LogP contribution in [0.5, 0.6) is 0 Å². The summed E-state index contributed by atoms with van der Waals surface area (Å²) >= 11 is 0. The summed E-state index contributed by atoms with van der Waals surface area (Å²) in [5.74, 6) is 9.71. The summed E-state index contributed by atoms with van der Waals surface area (Å²) in [6, 6.07) is 0. The Kier molecular flexibility index (Phi) is 34.3. The molecule has 122 heavy (non-hydrogen) atoms. The number of Topliss-reactive ketones (excluding diaryl/α,β-unsaturated/α-hetero) is 1. The molecule has 13 N–H and O–H groups in total. The third-order valence-corrected chi connectivity index (χ3v) is 31.0. The Morgan fingerprint density at radius 2 is 0.721 bits per heavy atom. The number of rotatable bonds is 21. The molecule has 14 heteroatoms. The van der Waals surface area contributed by atoms with Crippen LogP contribution in [0.4, 0.5) is 0 Å². The number of carbonyl (C=O) groups excluding carboxylic acids is 1. The molecule has 8 fully saturated rings. The molecule has 14 nitrogen and oxygen atoms in total. The molecular weight excluding hydrogens is 1520 g/mol. The van der Waals surface area contributed by atoms with Crippen molar-refractivity contribution in [3.05, 3.63) is 188 Å². The van der Waals surface area contributed by atoms with Crippen LogP contribution in [0.2, 0.25) is 0 Å². The molecular formula is C108H162O14. The first-order valence-electron chi connectivity index (χ1n) is 47.1. The zero-order valence-corrected chi connectivity index (χ0v) is 77.9. The minimum absolute atomic E-state index is 0.0902. The van der Waals surface area contributed by atoms with Crippen molar-refractivity contribution in [2.75, 3.05) is 0 Å². The standard InChI is InChI=1S/C27H42O4.C27H40O4.C27H42O3.C27H38O3/c2*1-17(8-13-25(30)26(3,4)31)22-11-12-23-19(7-6-14-27(22,23)5)9-10-20-15-21(28)16-24(29)18(20)2;2*1-18(8-6-14-26(3,4)30)23-12-13-24-20(9-7-15-27(23,24)5)10-11-21-16-22(28)17-25(29)19(21)2/h9-11,17,21,23-25,28-31H,2,6-8,12-16H2,1,3-5H3;9-11,17,21,23-24,28-29,31H,2,6-8,12-16H2,1,3-5H3;10-12,18,22,24-25,28-30H,2,6-9,13-17H2,1,3-5H3;10-12,18,22,24-25,28-30H,2,7-9,13,15-17H2,1,3-5H3/b2*19-9+,20-10-;2*20-10+,21-11-/t17-,21+,23+,24+,25?,27-;17-,21+,23?,24+,27-;18-,22-,24?,25+,27-;18-,22-,24?,25+,27?/m1111/s1. The second kappa shape index (κ2) is 41.8. The predicted molar refractivity (Wildman–Crippen MR) is 496 cm³/mol. The van der Waals surface area contributed by atoms with Gasteiger partial charge in [0.25, 0.3) is 0 Å². The summed E-state index contributed by atoms with van der Waals surface area (Å²) in [5.41, 5.74) is 15.7. The van der Waals surface area contributed by atoms with Crippen molar-refractivity contribution in [3.8, 4) is 11.8 Å². The van der Waals surface area contributed by atoms with E-state index in [0.29, 0.717) is 112 Å². The molecule has 12 aliphatic rings. The van der Waals surface area contributed by atoms with Gasteiger partial charge in [0.15, 0.2) is 5.78 Å². The van der Waals surface area contributed by atoms with Gasteiger partial charge in [0.1, 0.15) is 11.2 Å². The van der Waals surface area contributed by atoms with E-state index in [1.807, 2.05) is 13.8 Å². The number of hydrogen-bond acceptors (Lipinski definition) is 14. The SMILES string of the molecule is C=C1/C(=C\C=C2/CCCC3(C)C([C@H](C)CC#CC(C)(C)O)=CCC23)C[C@@H](O)C[C@@H]1O.C=C1/C(=C\C=C2/CCC[C@]3(C)C([C@H](C)CCC(=O)C(C)(C)O)=CCC23)C[C@H](O)C[C@@H]1O.C=C1/C(=C\C=C2/CCC[C@]3(C)C([C@H](C)CCC(O)C(C)(C)O)=CC[C@@H]23)C[C@H](O)C[C@@H]1O.C=C1/C(=C\C=C2/CCC[C@]3(C)C([C@H](C)CCCC(C)(C)O)=CCC23)C[C@@H](O)C[C@@H]1O. The molecule has 21 atom stereocenters. The van der Waals surface area contributed by atoms with Gasteiger partial charge in [-0.15, -0.1) is 0 Å². The maximum absolute atomic E-state index is 12.2. The van der Waals surface area contributed by atoms with Crippen molar-refractivity contribution in [1.82, 2.24) is 0 Å². The molecule has 0 spiro atoms. The molecule has 0 aromatic carbocycles. The quantitative estimate of drug-likeness (QED) is 0.0376. The van der Waals surface area contributed by atoms with Gasteiger partial charge in [-0.3, -0.25) is 4.79 Å². The van der Waals surface area contributed by atoms with Gasteiger partial charge in [-0.05, 0) is 329 Å². The molecule has 0 amide bonds. The molecule has 12 aliphatic carbocycles. The van der Waals surface area contributed by atoms with E-state index in [-0.39, 0.29) is 27.4 Å². The Bertz CT molecular complexity index is 4200. The van der Waals surface area contributed by atoms with Crippen LogP contribution in [0.15, 0.2) is 188 Å². The van der Waals surface area contributed by atoms with E-state index in [1.165, 1.54) is 71.1 Å². The van der Waals surface area contributed by atoms with Crippen molar-refractivity contribution in [2.24, 2.45) is 69.0 Å². The van der Waals surface area contributed by atoms with Crippen molar-refractivity contribution in [2.45, 2.75) is 394 Å². The topological polar surface area (TPSA) is 280 Å². The number of aliphatic hydroxyl groups excluding tert-OH is 9. The number of fused-ring (bicyclic) bond motifs is 4. The number of ketones is 1. The van der Waals surface area contributed by atoms with Gasteiger partial charge in [-0.1, -0.05) is 217 Å². The average molecular weight is 1680 g/mol. The van der Waals surface area contributed by atoms with E-state index in [2.05, 4.69) is 166 Å². The van der Waals surface area contributed by atoms with E-state index in [1.54, 1.807) is 47.1 Å². The first kappa shape index (κ1) is 100. The summed E-state index contributed by atoms with van der Waals surface area (Å²) in [6.07, 6.45) is 50.2. The smallest absolute Gasteiger partial charge is 0.163 e. The normalized spacial score (nSPS) is 35.9. The summed E-state index contributed by atoms with van der Waals surface area (Å²) in [7, 11) is 0. The zero-order chi connectivity index (χ0) is 90.2. The van der Waals surface area contributed by atoms with Crippen LogP contribution in [0.1, 0.15) is 316 Å². The highest BCUT2D eigenvalue weighted by Gasteiger charge is 2.51. The average Bonchev–Trinajstić information content (AvgIpc) is 1.61. The summed E-state index contributed by atoms with van der Waals surface area (Å²) in [5, 5.41) is 131.